The molecule has 2 aromatic rings. The molecule has 9 nitrogen and oxygen atoms in total. The van der Waals surface area contributed by atoms with E-state index in [9.17, 15) is 23.2 Å². The number of nitrogens with zero attached hydrogens (tertiary/aromatic N) is 3. The van der Waals surface area contributed by atoms with Crippen molar-refractivity contribution in [3.05, 3.63) is 65.7 Å². The standard InChI is InChI=1S/C28H32F2N4O5/c1-27(2,3)39-26(37)31-21(16-38-22-11-10-19(29)14-20(22)30)24(35)34-13-12-23-28(17-34,25(36)33(4)32-23)15-18-8-6-5-7-9-18/h5-11,14,21H,12-13,15-17H2,1-4H3,(H,31,37)/t21?,28-/m1/s1. The number of ether oxygens (including phenoxy) is 2. The van der Waals surface area contributed by atoms with Gasteiger partial charge in [-0.3, -0.25) is 9.59 Å². The van der Waals surface area contributed by atoms with Crippen molar-refractivity contribution in [3.8, 4) is 5.75 Å². The Kier molecular flexibility index (Phi) is 7.89. The summed E-state index contributed by atoms with van der Waals surface area (Å²) < 4.78 is 38.3. The van der Waals surface area contributed by atoms with E-state index in [0.29, 0.717) is 24.6 Å². The lowest BCUT2D eigenvalue weighted by molar-refractivity contribution is -0.141. The molecule has 2 aromatic carbocycles. The van der Waals surface area contributed by atoms with E-state index in [2.05, 4.69) is 10.4 Å². The Bertz CT molecular complexity index is 1280. The van der Waals surface area contributed by atoms with Crippen LogP contribution in [0.4, 0.5) is 13.6 Å². The number of rotatable bonds is 7. The van der Waals surface area contributed by atoms with E-state index in [-0.39, 0.29) is 24.7 Å². The summed E-state index contributed by atoms with van der Waals surface area (Å²) in [6.45, 7) is 4.88. The van der Waals surface area contributed by atoms with Crippen LogP contribution in [0.2, 0.25) is 0 Å². The first-order chi connectivity index (χ1) is 18.4. The molecule has 2 heterocycles. The van der Waals surface area contributed by atoms with Crippen molar-refractivity contribution in [2.75, 3.05) is 26.7 Å². The highest BCUT2D eigenvalue weighted by atomic mass is 19.1. The number of hydrogen-bond donors (Lipinski definition) is 1. The predicted octanol–water partition coefficient (Wildman–Crippen LogP) is 3.53. The maximum absolute atomic E-state index is 14.2. The molecule has 0 spiro atoms. The smallest absolute Gasteiger partial charge is 0.408 e. The van der Waals surface area contributed by atoms with Crippen LogP contribution in [0, 0.1) is 17.0 Å². The number of likely N-dealkylation sites (tertiary alicyclic amines) is 1. The number of carbonyl (C=O) groups excluding carboxylic acids is 3. The number of benzene rings is 2. The lowest BCUT2D eigenvalue weighted by Crippen LogP contribution is -2.60. The van der Waals surface area contributed by atoms with Crippen LogP contribution >= 0.6 is 0 Å². The Morgan fingerprint density at radius 2 is 1.87 bits per heavy atom. The molecule has 0 bridgehead atoms. The van der Waals surface area contributed by atoms with Gasteiger partial charge in [0.05, 0.1) is 5.71 Å². The quantitative estimate of drug-likeness (QED) is 0.577. The lowest BCUT2D eigenvalue weighted by atomic mass is 9.73. The van der Waals surface area contributed by atoms with Crippen LogP contribution in [0.15, 0.2) is 53.6 Å². The van der Waals surface area contributed by atoms with Crippen molar-refractivity contribution in [2.45, 2.75) is 45.3 Å². The van der Waals surface area contributed by atoms with Crippen molar-refractivity contribution in [1.29, 1.82) is 0 Å². The molecule has 1 saturated heterocycles. The second-order valence-electron chi connectivity index (χ2n) is 10.7. The molecule has 2 aliphatic heterocycles. The summed E-state index contributed by atoms with van der Waals surface area (Å²) in [5.74, 6) is -2.75. The number of hydrazone groups is 1. The predicted molar refractivity (Wildman–Crippen MR) is 139 cm³/mol. The van der Waals surface area contributed by atoms with Crippen LogP contribution < -0.4 is 10.1 Å². The summed E-state index contributed by atoms with van der Waals surface area (Å²) in [7, 11) is 1.59. The number of halogens is 2. The third-order valence-corrected chi connectivity index (χ3v) is 6.55. The lowest BCUT2D eigenvalue weighted by Gasteiger charge is -2.40. The number of piperidine rings is 1. The third kappa shape index (κ3) is 6.35. The molecule has 0 saturated carbocycles. The average Bonchev–Trinajstić information content (AvgIpc) is 3.10. The Labute approximate surface area is 225 Å². The van der Waals surface area contributed by atoms with Gasteiger partial charge >= 0.3 is 6.09 Å². The van der Waals surface area contributed by atoms with Crippen LogP contribution in [0.5, 0.6) is 5.75 Å². The molecule has 1 unspecified atom stereocenters. The summed E-state index contributed by atoms with van der Waals surface area (Å²) in [4.78, 5) is 41.3. The SMILES string of the molecule is CN1N=C2CCN(C(=O)C(COc3ccc(F)cc3F)NC(=O)OC(C)(C)C)C[C@@]2(Cc2ccccc2)C1=O. The molecular weight excluding hydrogens is 510 g/mol. The Balaban J connectivity index is 1.58. The van der Waals surface area contributed by atoms with Gasteiger partial charge < -0.3 is 19.7 Å². The summed E-state index contributed by atoms with van der Waals surface area (Å²) in [5.41, 5.74) is -0.269. The molecule has 0 aromatic heterocycles. The molecule has 4 rings (SSSR count). The molecule has 2 aliphatic rings. The van der Waals surface area contributed by atoms with Gasteiger partial charge in [-0.15, -0.1) is 0 Å². The van der Waals surface area contributed by atoms with Gasteiger partial charge in [-0.05, 0) is 44.9 Å². The second kappa shape index (κ2) is 11.0. The van der Waals surface area contributed by atoms with Crippen LogP contribution in [-0.4, -0.2) is 71.9 Å². The highest BCUT2D eigenvalue weighted by molar-refractivity contribution is 6.13. The normalized spacial score (nSPS) is 19.7. The van der Waals surface area contributed by atoms with Gasteiger partial charge in [-0.1, -0.05) is 30.3 Å². The zero-order chi connectivity index (χ0) is 28.4. The highest BCUT2D eigenvalue weighted by Gasteiger charge is 2.54. The monoisotopic (exact) mass is 542 g/mol. The minimum Gasteiger partial charge on any atom is -0.488 e. The van der Waals surface area contributed by atoms with E-state index in [1.807, 2.05) is 30.3 Å². The van der Waals surface area contributed by atoms with Crippen LogP contribution in [0.3, 0.4) is 0 Å². The summed E-state index contributed by atoms with van der Waals surface area (Å²) in [6, 6.07) is 11.0. The highest BCUT2D eigenvalue weighted by Crippen LogP contribution is 2.38. The van der Waals surface area contributed by atoms with Gasteiger partial charge in [0.2, 0.25) is 5.91 Å². The fourth-order valence-electron chi connectivity index (χ4n) is 4.83. The molecule has 0 aliphatic carbocycles. The van der Waals surface area contributed by atoms with Crippen LogP contribution in [0.25, 0.3) is 0 Å². The Morgan fingerprint density at radius 3 is 2.54 bits per heavy atom. The summed E-state index contributed by atoms with van der Waals surface area (Å²) in [5, 5.41) is 8.28. The van der Waals surface area contributed by atoms with Crippen LogP contribution in [-0.2, 0) is 20.7 Å². The Hall–Kier alpha value is -4.02. The van der Waals surface area contributed by atoms with Crippen LogP contribution in [0.1, 0.15) is 32.8 Å². The minimum absolute atomic E-state index is 0.0418. The molecule has 3 amide bonds. The first-order valence-corrected chi connectivity index (χ1v) is 12.6. The Morgan fingerprint density at radius 1 is 1.15 bits per heavy atom. The van der Waals surface area contributed by atoms with E-state index in [4.69, 9.17) is 9.47 Å². The van der Waals surface area contributed by atoms with Gasteiger partial charge in [0.1, 0.15) is 29.5 Å². The van der Waals surface area contributed by atoms with E-state index in [0.717, 1.165) is 17.7 Å². The van der Waals surface area contributed by atoms with Gasteiger partial charge in [0.15, 0.2) is 11.6 Å². The summed E-state index contributed by atoms with van der Waals surface area (Å²) >= 11 is 0. The zero-order valence-electron chi connectivity index (χ0n) is 22.4. The van der Waals surface area contributed by atoms with Crippen molar-refractivity contribution >= 4 is 23.6 Å². The fraction of sp³-hybridized carbons (Fsp3) is 0.429. The summed E-state index contributed by atoms with van der Waals surface area (Å²) in [6.07, 6.45) is -0.151. The molecule has 39 heavy (non-hydrogen) atoms. The number of carbonyl (C=O) groups is 3. The average molecular weight is 543 g/mol. The maximum Gasteiger partial charge on any atom is 0.408 e. The minimum atomic E-state index is -1.27. The number of nitrogens with one attached hydrogen (secondary N) is 1. The van der Waals surface area contributed by atoms with Crippen molar-refractivity contribution in [2.24, 2.45) is 10.5 Å². The molecule has 1 fully saturated rings. The molecule has 0 radical (unpaired) electrons. The number of amides is 3. The maximum atomic E-state index is 14.2. The molecule has 2 atom stereocenters. The second-order valence-corrected chi connectivity index (χ2v) is 10.7. The van der Waals surface area contributed by atoms with E-state index >= 15 is 0 Å². The number of hydrogen-bond acceptors (Lipinski definition) is 6. The van der Waals surface area contributed by atoms with Gasteiger partial charge in [-0.25, -0.2) is 18.6 Å². The number of alkyl carbamates (subject to hydrolysis) is 1. The largest absolute Gasteiger partial charge is 0.488 e. The fourth-order valence-corrected chi connectivity index (χ4v) is 4.83. The molecule has 208 valence electrons. The van der Waals surface area contributed by atoms with Gasteiger partial charge in [-0.2, -0.15) is 5.10 Å². The molecule has 11 heteroatoms. The van der Waals surface area contributed by atoms with Gasteiger partial charge in [0, 0.05) is 32.6 Å². The third-order valence-electron chi connectivity index (χ3n) is 6.55. The van der Waals surface area contributed by atoms with Crippen molar-refractivity contribution in [3.63, 3.8) is 0 Å². The van der Waals surface area contributed by atoms with E-state index < -0.39 is 47.3 Å². The van der Waals surface area contributed by atoms with Crippen molar-refractivity contribution < 1.29 is 32.6 Å². The van der Waals surface area contributed by atoms with E-state index in [1.54, 1.807) is 27.8 Å². The zero-order valence-corrected chi connectivity index (χ0v) is 22.4. The van der Waals surface area contributed by atoms with E-state index in [1.165, 1.54) is 9.91 Å². The molecule has 1 N–H and O–H groups in total. The topological polar surface area (TPSA) is 101 Å². The first kappa shape index (κ1) is 28.0. The van der Waals surface area contributed by atoms with Gasteiger partial charge in [0.25, 0.3) is 5.91 Å². The first-order valence-electron chi connectivity index (χ1n) is 12.6. The van der Waals surface area contributed by atoms with Crippen molar-refractivity contribution in [1.82, 2.24) is 15.2 Å². The molecular formula is C28H32F2N4O5. The number of fused-ring (bicyclic) bond motifs is 1.